The van der Waals surface area contributed by atoms with Crippen molar-refractivity contribution in [2.24, 2.45) is 5.73 Å². The number of rotatable bonds is 2. The van der Waals surface area contributed by atoms with Crippen LogP contribution >= 0.6 is 0 Å². The summed E-state index contributed by atoms with van der Waals surface area (Å²) in [6.07, 6.45) is 0.482. The van der Waals surface area contributed by atoms with Crippen molar-refractivity contribution < 1.29 is 13.9 Å². The Kier molecular flexibility index (Phi) is 2.83. The highest BCUT2D eigenvalue weighted by Gasteiger charge is 2.15. The molecule has 0 saturated carbocycles. The van der Waals surface area contributed by atoms with Crippen LogP contribution in [0.3, 0.4) is 0 Å². The second-order valence-electron chi connectivity index (χ2n) is 2.84. The molecule has 0 aliphatic rings. The fraction of sp³-hybridized carbons (Fsp3) is 0.333. The summed E-state index contributed by atoms with van der Waals surface area (Å²) in [5.41, 5.74) is 5.50. The molecule has 0 spiro atoms. The van der Waals surface area contributed by atoms with E-state index in [1.54, 1.807) is 6.92 Å². The normalized spacial score (nSPS) is 12.9. The zero-order valence-electron chi connectivity index (χ0n) is 7.22. The Balaban J connectivity index is 3.20. The number of halogens is 2. The van der Waals surface area contributed by atoms with Crippen LogP contribution in [-0.2, 0) is 0 Å². The van der Waals surface area contributed by atoms with Gasteiger partial charge in [-0.2, -0.15) is 0 Å². The van der Waals surface area contributed by atoms with E-state index in [9.17, 15) is 13.9 Å². The monoisotopic (exact) mass is 187 g/mol. The van der Waals surface area contributed by atoms with Gasteiger partial charge in [0.25, 0.3) is 0 Å². The molecular formula is C9H11F2NO. The standard InChI is InChI=1S/C9H11F2NO/c1-2-7(12)9-6(11)3-5(10)4-8(9)13/h3-4,7,13H,2,12H2,1H3/t7-/m1/s1. The Morgan fingerprint density at radius 3 is 2.54 bits per heavy atom. The molecule has 1 aromatic carbocycles. The molecule has 0 aliphatic heterocycles. The number of hydrogen-bond donors (Lipinski definition) is 2. The second-order valence-corrected chi connectivity index (χ2v) is 2.84. The zero-order chi connectivity index (χ0) is 10.0. The molecule has 72 valence electrons. The predicted octanol–water partition coefficient (Wildman–Crippen LogP) is 2.08. The van der Waals surface area contributed by atoms with E-state index < -0.39 is 23.4 Å². The first-order valence-corrected chi connectivity index (χ1v) is 3.99. The van der Waals surface area contributed by atoms with Crippen molar-refractivity contribution in [3.8, 4) is 5.75 Å². The van der Waals surface area contributed by atoms with Crippen molar-refractivity contribution in [1.29, 1.82) is 0 Å². The lowest BCUT2D eigenvalue weighted by atomic mass is 10.0. The summed E-state index contributed by atoms with van der Waals surface area (Å²) >= 11 is 0. The molecule has 1 rings (SSSR count). The first-order valence-electron chi connectivity index (χ1n) is 3.99. The maximum absolute atomic E-state index is 13.1. The lowest BCUT2D eigenvalue weighted by molar-refractivity contribution is 0.438. The summed E-state index contributed by atoms with van der Waals surface area (Å²) in [6.45, 7) is 1.76. The summed E-state index contributed by atoms with van der Waals surface area (Å²) in [4.78, 5) is 0. The molecule has 1 atom stereocenters. The van der Waals surface area contributed by atoms with Gasteiger partial charge in [0, 0.05) is 23.7 Å². The zero-order valence-corrected chi connectivity index (χ0v) is 7.22. The number of hydrogen-bond acceptors (Lipinski definition) is 2. The van der Waals surface area contributed by atoms with Crippen LogP contribution in [-0.4, -0.2) is 5.11 Å². The van der Waals surface area contributed by atoms with E-state index in [4.69, 9.17) is 5.73 Å². The van der Waals surface area contributed by atoms with Gasteiger partial charge >= 0.3 is 0 Å². The summed E-state index contributed by atoms with van der Waals surface area (Å²) in [5.74, 6) is -2.03. The Morgan fingerprint density at radius 1 is 1.46 bits per heavy atom. The van der Waals surface area contributed by atoms with E-state index in [1.807, 2.05) is 0 Å². The summed E-state index contributed by atoms with van der Waals surface area (Å²) in [6, 6.07) is 0.971. The third-order valence-electron chi connectivity index (χ3n) is 1.88. The highest BCUT2D eigenvalue weighted by atomic mass is 19.1. The Labute approximate surface area is 75.0 Å². The van der Waals surface area contributed by atoms with Crippen LogP contribution < -0.4 is 5.73 Å². The molecule has 0 saturated heterocycles. The molecule has 0 radical (unpaired) electrons. The molecule has 0 aromatic heterocycles. The van der Waals surface area contributed by atoms with E-state index in [1.165, 1.54) is 0 Å². The van der Waals surface area contributed by atoms with Gasteiger partial charge in [0.1, 0.15) is 17.4 Å². The molecule has 3 N–H and O–H groups in total. The van der Waals surface area contributed by atoms with Crippen LogP contribution in [0.1, 0.15) is 24.9 Å². The number of aromatic hydroxyl groups is 1. The van der Waals surface area contributed by atoms with Crippen molar-refractivity contribution >= 4 is 0 Å². The first-order chi connectivity index (χ1) is 6.06. The molecule has 0 heterocycles. The van der Waals surface area contributed by atoms with Crippen LogP contribution in [0.2, 0.25) is 0 Å². The van der Waals surface area contributed by atoms with Crippen molar-refractivity contribution in [2.45, 2.75) is 19.4 Å². The average Bonchev–Trinajstić information content (AvgIpc) is 2.02. The first kappa shape index (κ1) is 9.92. The maximum atomic E-state index is 13.1. The summed E-state index contributed by atoms with van der Waals surface area (Å²) in [5, 5.41) is 9.21. The molecule has 0 aliphatic carbocycles. The molecule has 13 heavy (non-hydrogen) atoms. The summed E-state index contributed by atoms with van der Waals surface area (Å²) in [7, 11) is 0. The third-order valence-corrected chi connectivity index (χ3v) is 1.88. The maximum Gasteiger partial charge on any atom is 0.134 e. The minimum atomic E-state index is -0.804. The Hall–Kier alpha value is -1.16. The predicted molar refractivity (Wildman–Crippen MR) is 45.2 cm³/mol. The molecular weight excluding hydrogens is 176 g/mol. The largest absolute Gasteiger partial charge is 0.507 e. The molecule has 0 amide bonds. The van der Waals surface area contributed by atoms with Gasteiger partial charge in [-0.1, -0.05) is 6.92 Å². The highest BCUT2D eigenvalue weighted by molar-refractivity contribution is 5.36. The van der Waals surface area contributed by atoms with E-state index in [0.717, 1.165) is 6.07 Å². The van der Waals surface area contributed by atoms with Gasteiger partial charge in [-0.15, -0.1) is 0 Å². The molecule has 0 unspecified atom stereocenters. The molecule has 0 fully saturated rings. The van der Waals surface area contributed by atoms with Crippen LogP contribution in [0.15, 0.2) is 12.1 Å². The third kappa shape index (κ3) is 1.95. The average molecular weight is 187 g/mol. The molecule has 0 bridgehead atoms. The Morgan fingerprint density at radius 2 is 2.08 bits per heavy atom. The number of benzene rings is 1. The van der Waals surface area contributed by atoms with E-state index in [-0.39, 0.29) is 5.56 Å². The fourth-order valence-electron chi connectivity index (χ4n) is 1.14. The number of nitrogens with two attached hydrogens (primary N) is 1. The lowest BCUT2D eigenvalue weighted by Gasteiger charge is -2.12. The van der Waals surface area contributed by atoms with E-state index in [0.29, 0.717) is 12.5 Å². The van der Waals surface area contributed by atoms with Crippen molar-refractivity contribution in [3.63, 3.8) is 0 Å². The highest BCUT2D eigenvalue weighted by Crippen LogP contribution is 2.28. The fourth-order valence-corrected chi connectivity index (χ4v) is 1.14. The van der Waals surface area contributed by atoms with Crippen LogP contribution in [0.25, 0.3) is 0 Å². The van der Waals surface area contributed by atoms with Gasteiger partial charge in [-0.25, -0.2) is 8.78 Å². The molecule has 4 heteroatoms. The Bertz CT molecular complexity index is 291. The van der Waals surface area contributed by atoms with Crippen molar-refractivity contribution in [2.75, 3.05) is 0 Å². The van der Waals surface area contributed by atoms with E-state index in [2.05, 4.69) is 0 Å². The van der Waals surface area contributed by atoms with Gasteiger partial charge in [0.2, 0.25) is 0 Å². The number of phenols is 1. The topological polar surface area (TPSA) is 46.2 Å². The second kappa shape index (κ2) is 3.70. The van der Waals surface area contributed by atoms with Crippen LogP contribution in [0, 0.1) is 11.6 Å². The van der Waals surface area contributed by atoms with Crippen LogP contribution in [0.5, 0.6) is 5.75 Å². The van der Waals surface area contributed by atoms with Gasteiger partial charge < -0.3 is 10.8 Å². The molecule has 1 aromatic rings. The van der Waals surface area contributed by atoms with E-state index >= 15 is 0 Å². The lowest BCUT2D eigenvalue weighted by Crippen LogP contribution is -2.11. The quantitative estimate of drug-likeness (QED) is 0.744. The van der Waals surface area contributed by atoms with Crippen molar-refractivity contribution in [1.82, 2.24) is 0 Å². The minimum absolute atomic E-state index is 0.0242. The van der Waals surface area contributed by atoms with Gasteiger partial charge in [0.15, 0.2) is 0 Å². The SMILES string of the molecule is CC[C@@H](N)c1c(O)cc(F)cc1F. The molecule has 2 nitrogen and oxygen atoms in total. The van der Waals surface area contributed by atoms with Crippen LogP contribution in [0.4, 0.5) is 8.78 Å². The van der Waals surface area contributed by atoms with Gasteiger partial charge in [-0.3, -0.25) is 0 Å². The number of phenolic OH excluding ortho intramolecular Hbond substituents is 1. The smallest absolute Gasteiger partial charge is 0.134 e. The van der Waals surface area contributed by atoms with Crippen molar-refractivity contribution in [3.05, 3.63) is 29.3 Å². The van der Waals surface area contributed by atoms with Gasteiger partial charge in [0.05, 0.1) is 0 Å². The minimum Gasteiger partial charge on any atom is -0.507 e. The summed E-state index contributed by atoms with van der Waals surface area (Å²) < 4.78 is 25.6. The van der Waals surface area contributed by atoms with Gasteiger partial charge in [-0.05, 0) is 6.42 Å².